The van der Waals surface area contributed by atoms with Crippen LogP contribution in [0.4, 0.5) is 0 Å². The minimum absolute atomic E-state index is 0.296. The molecule has 4 nitrogen and oxygen atoms in total. The van der Waals surface area contributed by atoms with Crippen LogP contribution >= 0.6 is 0 Å². The molecule has 1 aliphatic heterocycles. The molecule has 0 bridgehead atoms. The summed E-state index contributed by atoms with van der Waals surface area (Å²) in [6, 6.07) is 7.28. The number of phenols is 1. The number of fused-ring (bicyclic) bond motifs is 1. The fourth-order valence-corrected chi connectivity index (χ4v) is 2.44. The molecule has 1 unspecified atom stereocenters. The normalized spacial score (nSPS) is 18.6. The van der Waals surface area contributed by atoms with Gasteiger partial charge in [0.1, 0.15) is 11.6 Å². The molecule has 1 atom stereocenters. The first-order valence-electron chi connectivity index (χ1n) is 6.41. The van der Waals surface area contributed by atoms with Crippen LogP contribution in [0, 0.1) is 5.92 Å². The average molecular weight is 243 g/mol. The monoisotopic (exact) mass is 243 g/mol. The molecule has 3 rings (SSSR count). The van der Waals surface area contributed by atoms with Crippen LogP contribution in [0.2, 0.25) is 0 Å². The second-order valence-electron chi connectivity index (χ2n) is 5.11. The zero-order valence-electron chi connectivity index (χ0n) is 10.5. The lowest BCUT2D eigenvalue weighted by atomic mass is 10.0. The van der Waals surface area contributed by atoms with Crippen LogP contribution in [0.1, 0.15) is 30.6 Å². The van der Waals surface area contributed by atoms with E-state index in [9.17, 15) is 5.11 Å². The summed E-state index contributed by atoms with van der Waals surface area (Å²) < 4.78 is 2.03. The Balaban J connectivity index is 1.82. The summed E-state index contributed by atoms with van der Waals surface area (Å²) in [4.78, 5) is 4.60. The second-order valence-corrected chi connectivity index (χ2v) is 5.11. The van der Waals surface area contributed by atoms with E-state index in [2.05, 4.69) is 17.0 Å². The van der Waals surface area contributed by atoms with Crippen molar-refractivity contribution >= 4 is 0 Å². The number of aromatic nitrogens is 3. The molecule has 1 aromatic heterocycles. The zero-order chi connectivity index (χ0) is 12.5. The van der Waals surface area contributed by atoms with Gasteiger partial charge in [-0.25, -0.2) is 9.67 Å². The molecular weight excluding hydrogens is 226 g/mol. The third kappa shape index (κ3) is 2.23. The first-order valence-corrected chi connectivity index (χ1v) is 6.41. The van der Waals surface area contributed by atoms with Gasteiger partial charge in [0.15, 0.2) is 5.82 Å². The zero-order valence-corrected chi connectivity index (χ0v) is 10.5. The number of aryl methyl sites for hydroxylation is 1. The van der Waals surface area contributed by atoms with Gasteiger partial charge in [-0.05, 0) is 30.0 Å². The van der Waals surface area contributed by atoms with Gasteiger partial charge in [0.05, 0.1) is 0 Å². The van der Waals surface area contributed by atoms with Gasteiger partial charge in [-0.3, -0.25) is 0 Å². The Kier molecular flexibility index (Phi) is 2.78. The topological polar surface area (TPSA) is 50.9 Å². The van der Waals surface area contributed by atoms with Gasteiger partial charge < -0.3 is 5.11 Å². The molecule has 0 aliphatic carbocycles. The predicted molar refractivity (Wildman–Crippen MR) is 68.4 cm³/mol. The summed E-state index contributed by atoms with van der Waals surface area (Å²) in [5, 5.41) is 14.0. The molecule has 2 aromatic rings. The van der Waals surface area contributed by atoms with Crippen LogP contribution in [0.5, 0.6) is 5.75 Å². The molecule has 2 heterocycles. The van der Waals surface area contributed by atoms with Crippen molar-refractivity contribution in [1.82, 2.24) is 14.8 Å². The van der Waals surface area contributed by atoms with Gasteiger partial charge in [0.2, 0.25) is 0 Å². The fourth-order valence-electron chi connectivity index (χ4n) is 2.44. The minimum atomic E-state index is 0.296. The van der Waals surface area contributed by atoms with Crippen molar-refractivity contribution in [2.75, 3.05) is 0 Å². The lowest BCUT2D eigenvalue weighted by Gasteiger charge is -2.17. The third-order valence-electron chi connectivity index (χ3n) is 3.43. The molecule has 0 saturated heterocycles. The maximum absolute atomic E-state index is 9.44. The van der Waals surface area contributed by atoms with E-state index in [1.54, 1.807) is 12.1 Å². The molecule has 0 spiro atoms. The highest BCUT2D eigenvalue weighted by molar-refractivity contribution is 5.29. The van der Waals surface area contributed by atoms with Gasteiger partial charge in [0, 0.05) is 19.4 Å². The Morgan fingerprint density at radius 2 is 2.33 bits per heavy atom. The summed E-state index contributed by atoms with van der Waals surface area (Å²) in [5.41, 5.74) is 1.05. The average Bonchev–Trinajstić information content (AvgIpc) is 2.70. The molecule has 0 saturated carbocycles. The molecule has 18 heavy (non-hydrogen) atoms. The summed E-state index contributed by atoms with van der Waals surface area (Å²) in [6.07, 6.45) is 2.89. The second kappa shape index (κ2) is 4.44. The molecule has 94 valence electrons. The van der Waals surface area contributed by atoms with Crippen LogP contribution in [-0.2, 0) is 19.4 Å². The van der Waals surface area contributed by atoms with E-state index in [0.717, 1.165) is 30.2 Å². The van der Waals surface area contributed by atoms with Crippen LogP contribution in [0.3, 0.4) is 0 Å². The van der Waals surface area contributed by atoms with Crippen molar-refractivity contribution in [3.63, 3.8) is 0 Å². The number of nitrogens with zero attached hydrogens (tertiary/aromatic N) is 3. The molecular formula is C14H17N3O. The van der Waals surface area contributed by atoms with E-state index >= 15 is 0 Å². The van der Waals surface area contributed by atoms with E-state index < -0.39 is 0 Å². The van der Waals surface area contributed by atoms with Gasteiger partial charge in [-0.15, -0.1) is 0 Å². The number of hydrogen-bond donors (Lipinski definition) is 1. The Morgan fingerprint density at radius 1 is 1.44 bits per heavy atom. The minimum Gasteiger partial charge on any atom is -0.508 e. The summed E-state index contributed by atoms with van der Waals surface area (Å²) in [6.45, 7) is 3.23. The number of rotatable bonds is 2. The van der Waals surface area contributed by atoms with Crippen LogP contribution in [0.25, 0.3) is 0 Å². The lowest BCUT2D eigenvalue weighted by molar-refractivity contribution is 0.385. The van der Waals surface area contributed by atoms with E-state index in [4.69, 9.17) is 0 Å². The van der Waals surface area contributed by atoms with E-state index in [1.807, 2.05) is 16.8 Å². The first-order chi connectivity index (χ1) is 8.70. The van der Waals surface area contributed by atoms with Crippen molar-refractivity contribution in [2.24, 2.45) is 5.92 Å². The van der Waals surface area contributed by atoms with Crippen molar-refractivity contribution in [1.29, 1.82) is 0 Å². The Labute approximate surface area is 106 Å². The molecule has 1 aromatic carbocycles. The van der Waals surface area contributed by atoms with Gasteiger partial charge in [0.25, 0.3) is 0 Å². The number of aromatic hydroxyl groups is 1. The maximum atomic E-state index is 9.44. The molecule has 1 aliphatic rings. The van der Waals surface area contributed by atoms with E-state index in [-0.39, 0.29) is 0 Å². The summed E-state index contributed by atoms with van der Waals surface area (Å²) >= 11 is 0. The standard InChI is InChI=1S/C14H17N3O/c1-10-5-6-17-14(7-10)15-13(16-17)9-11-3-2-4-12(18)8-11/h2-4,8,10,18H,5-7,9H2,1H3. The number of benzene rings is 1. The quantitative estimate of drug-likeness (QED) is 0.879. The van der Waals surface area contributed by atoms with Gasteiger partial charge in [-0.1, -0.05) is 19.1 Å². The highest BCUT2D eigenvalue weighted by atomic mass is 16.3. The van der Waals surface area contributed by atoms with E-state index in [0.29, 0.717) is 18.1 Å². The van der Waals surface area contributed by atoms with Crippen molar-refractivity contribution in [3.05, 3.63) is 41.5 Å². The Hall–Kier alpha value is -1.84. The molecule has 0 radical (unpaired) electrons. The van der Waals surface area contributed by atoms with Crippen molar-refractivity contribution in [3.8, 4) is 5.75 Å². The number of hydrogen-bond acceptors (Lipinski definition) is 3. The first kappa shape index (κ1) is 11.3. The molecule has 4 heteroatoms. The SMILES string of the molecule is CC1CCn2nc(Cc3cccc(O)c3)nc2C1. The third-order valence-corrected chi connectivity index (χ3v) is 3.43. The molecule has 1 N–H and O–H groups in total. The molecule has 0 fully saturated rings. The summed E-state index contributed by atoms with van der Waals surface area (Å²) in [7, 11) is 0. The summed E-state index contributed by atoms with van der Waals surface area (Å²) in [5.74, 6) is 2.95. The van der Waals surface area contributed by atoms with E-state index in [1.165, 1.54) is 6.42 Å². The van der Waals surface area contributed by atoms with Crippen LogP contribution in [0.15, 0.2) is 24.3 Å². The number of phenolic OH excluding ortho intramolecular Hbond substituents is 1. The predicted octanol–water partition coefficient (Wildman–Crippen LogP) is 2.16. The lowest BCUT2D eigenvalue weighted by Crippen LogP contribution is -2.18. The maximum Gasteiger partial charge on any atom is 0.155 e. The molecule has 0 amide bonds. The van der Waals surface area contributed by atoms with Crippen molar-refractivity contribution < 1.29 is 5.11 Å². The van der Waals surface area contributed by atoms with Gasteiger partial charge in [-0.2, -0.15) is 5.10 Å². The van der Waals surface area contributed by atoms with Gasteiger partial charge >= 0.3 is 0 Å². The largest absolute Gasteiger partial charge is 0.508 e. The smallest absolute Gasteiger partial charge is 0.155 e. The Morgan fingerprint density at radius 3 is 3.17 bits per heavy atom. The van der Waals surface area contributed by atoms with Crippen LogP contribution < -0.4 is 0 Å². The fraction of sp³-hybridized carbons (Fsp3) is 0.429. The van der Waals surface area contributed by atoms with Crippen molar-refractivity contribution in [2.45, 2.75) is 32.7 Å². The van der Waals surface area contributed by atoms with Crippen LogP contribution in [-0.4, -0.2) is 19.9 Å². The Bertz CT molecular complexity index is 562. The highest BCUT2D eigenvalue weighted by Gasteiger charge is 2.18. The highest BCUT2D eigenvalue weighted by Crippen LogP contribution is 2.19.